The van der Waals surface area contributed by atoms with Crippen LogP contribution in [0.2, 0.25) is 0 Å². The van der Waals surface area contributed by atoms with Crippen LogP contribution in [0.1, 0.15) is 0 Å². The summed E-state index contributed by atoms with van der Waals surface area (Å²) < 4.78 is 33.8. The molecular formula is C4H2BrF3NS. The molecule has 1 atom stereocenters. The number of hydrogen-bond donors (Lipinski definition) is 0. The topological polar surface area (TPSA) is 12.4 Å². The SMILES string of the molecule is FC(F)(F)C1(Br)CS[C]=N1. The van der Waals surface area contributed by atoms with Crippen molar-refractivity contribution >= 4 is 33.2 Å². The van der Waals surface area contributed by atoms with Crippen LogP contribution in [0.15, 0.2) is 4.99 Å². The lowest BCUT2D eigenvalue weighted by Crippen LogP contribution is -2.37. The van der Waals surface area contributed by atoms with E-state index in [9.17, 15) is 13.2 Å². The van der Waals surface area contributed by atoms with E-state index < -0.39 is 10.6 Å². The van der Waals surface area contributed by atoms with E-state index in [4.69, 9.17) is 0 Å². The third-order valence-electron chi connectivity index (χ3n) is 0.985. The molecular weight excluding hydrogens is 231 g/mol. The van der Waals surface area contributed by atoms with Crippen molar-refractivity contribution in [2.45, 2.75) is 10.6 Å². The molecule has 0 saturated carbocycles. The van der Waals surface area contributed by atoms with E-state index in [1.807, 2.05) is 0 Å². The lowest BCUT2D eigenvalue weighted by molar-refractivity contribution is -0.149. The van der Waals surface area contributed by atoms with Crippen LogP contribution in [0.5, 0.6) is 0 Å². The highest BCUT2D eigenvalue weighted by Gasteiger charge is 2.54. The second kappa shape index (κ2) is 2.41. The van der Waals surface area contributed by atoms with Crippen LogP contribution in [0.4, 0.5) is 13.2 Å². The van der Waals surface area contributed by atoms with E-state index in [0.717, 1.165) is 11.8 Å². The third-order valence-corrected chi connectivity index (χ3v) is 3.05. The van der Waals surface area contributed by atoms with Crippen molar-refractivity contribution in [3.05, 3.63) is 0 Å². The minimum Gasteiger partial charge on any atom is -0.247 e. The molecule has 6 heteroatoms. The Kier molecular flexibility index (Phi) is 2.02. The van der Waals surface area contributed by atoms with Crippen LogP contribution >= 0.6 is 27.7 Å². The zero-order chi connectivity index (χ0) is 7.83. The first-order chi connectivity index (χ1) is 4.46. The molecule has 1 unspecified atom stereocenters. The van der Waals surface area contributed by atoms with Gasteiger partial charge in [0, 0.05) is 5.75 Å². The first-order valence-corrected chi connectivity index (χ1v) is 4.08. The summed E-state index contributed by atoms with van der Waals surface area (Å²) in [5, 5.41) is 0. The predicted molar refractivity (Wildman–Crippen MR) is 37.6 cm³/mol. The predicted octanol–water partition coefficient (Wildman–Crippen LogP) is 2.29. The molecule has 57 valence electrons. The number of hydrogen-bond acceptors (Lipinski definition) is 2. The second-order valence-electron chi connectivity index (χ2n) is 1.75. The summed E-state index contributed by atoms with van der Waals surface area (Å²) in [5.74, 6) is -0.128. The number of halogens is 4. The lowest BCUT2D eigenvalue weighted by atomic mass is 10.3. The Morgan fingerprint density at radius 2 is 2.20 bits per heavy atom. The summed E-state index contributed by atoms with van der Waals surface area (Å²) in [5.41, 5.74) is 2.19. The van der Waals surface area contributed by atoms with Gasteiger partial charge in [0.2, 0.25) is 4.45 Å². The van der Waals surface area contributed by atoms with Gasteiger partial charge in [-0.15, -0.1) is 11.8 Å². The van der Waals surface area contributed by atoms with E-state index in [0.29, 0.717) is 0 Å². The highest BCUT2D eigenvalue weighted by molar-refractivity contribution is 9.10. The Hall–Kier alpha value is 0.290. The Morgan fingerprint density at radius 3 is 2.40 bits per heavy atom. The van der Waals surface area contributed by atoms with Gasteiger partial charge in [-0.25, -0.2) is 4.99 Å². The van der Waals surface area contributed by atoms with E-state index >= 15 is 0 Å². The van der Waals surface area contributed by atoms with Crippen LogP contribution in [-0.2, 0) is 0 Å². The van der Waals surface area contributed by atoms with Gasteiger partial charge in [-0.05, 0) is 15.9 Å². The van der Waals surface area contributed by atoms with Crippen LogP contribution in [0, 0.1) is 0 Å². The average Bonchev–Trinajstić information content (AvgIpc) is 2.13. The van der Waals surface area contributed by atoms with Gasteiger partial charge in [-0.3, -0.25) is 0 Å². The van der Waals surface area contributed by atoms with Gasteiger partial charge >= 0.3 is 6.18 Å². The van der Waals surface area contributed by atoms with Crippen molar-refractivity contribution in [3.63, 3.8) is 0 Å². The maximum Gasteiger partial charge on any atom is 0.424 e. The van der Waals surface area contributed by atoms with Gasteiger partial charge < -0.3 is 0 Å². The van der Waals surface area contributed by atoms with E-state index in [2.05, 4.69) is 26.5 Å². The van der Waals surface area contributed by atoms with Crippen molar-refractivity contribution in [2.75, 3.05) is 5.75 Å². The molecule has 10 heavy (non-hydrogen) atoms. The third kappa shape index (κ3) is 1.32. The molecule has 1 aliphatic rings. The molecule has 0 saturated heterocycles. The molecule has 0 aromatic rings. The minimum absolute atomic E-state index is 0.128. The fourth-order valence-corrected chi connectivity index (χ4v) is 1.66. The number of rotatable bonds is 0. The highest BCUT2D eigenvalue weighted by Crippen LogP contribution is 2.43. The molecule has 1 nitrogen and oxygen atoms in total. The van der Waals surface area contributed by atoms with Crippen molar-refractivity contribution in [1.82, 2.24) is 0 Å². The van der Waals surface area contributed by atoms with E-state index in [1.165, 1.54) is 0 Å². The first-order valence-electron chi connectivity index (χ1n) is 2.30. The molecule has 0 aromatic carbocycles. The Bertz CT molecular complexity index is 168. The summed E-state index contributed by atoms with van der Waals surface area (Å²) >= 11 is 3.42. The molecule has 1 aliphatic heterocycles. The molecule has 0 amide bonds. The molecule has 1 rings (SSSR count). The molecule has 0 N–H and O–H groups in total. The molecule has 0 fully saturated rings. The second-order valence-corrected chi connectivity index (χ2v) is 3.82. The molecule has 1 heterocycles. The van der Waals surface area contributed by atoms with Crippen molar-refractivity contribution < 1.29 is 13.2 Å². The zero-order valence-electron chi connectivity index (χ0n) is 4.57. The molecule has 0 aliphatic carbocycles. The van der Waals surface area contributed by atoms with Crippen LogP contribution in [0.3, 0.4) is 0 Å². The minimum atomic E-state index is -4.32. The van der Waals surface area contributed by atoms with Crippen LogP contribution < -0.4 is 0 Å². The van der Waals surface area contributed by atoms with Gasteiger partial charge in [0.1, 0.15) is 5.55 Å². The van der Waals surface area contributed by atoms with Gasteiger partial charge in [0.05, 0.1) is 0 Å². The summed E-state index contributed by atoms with van der Waals surface area (Å²) in [4.78, 5) is 3.14. The largest absolute Gasteiger partial charge is 0.424 e. The molecule has 1 radical (unpaired) electrons. The van der Waals surface area contributed by atoms with Gasteiger partial charge in [-0.2, -0.15) is 13.2 Å². The number of nitrogens with zero attached hydrogens (tertiary/aromatic N) is 1. The Morgan fingerprint density at radius 1 is 1.60 bits per heavy atom. The standard InChI is InChI=1S/C4H2BrF3NS/c5-3(4(6,7)8)1-10-2-9-3/h1H2. The summed E-state index contributed by atoms with van der Waals surface area (Å²) in [6, 6.07) is 0. The molecule has 0 spiro atoms. The maximum atomic E-state index is 12.0. The summed E-state index contributed by atoms with van der Waals surface area (Å²) in [6.45, 7) is 0. The molecule has 0 bridgehead atoms. The fourth-order valence-electron chi connectivity index (χ4n) is 0.410. The van der Waals surface area contributed by atoms with Crippen LogP contribution in [-0.4, -0.2) is 21.9 Å². The van der Waals surface area contributed by atoms with Crippen molar-refractivity contribution in [3.8, 4) is 0 Å². The Balaban J connectivity index is 2.78. The van der Waals surface area contributed by atoms with Gasteiger partial charge in [0.25, 0.3) is 0 Å². The number of thioether (sulfide) groups is 1. The number of alkyl halides is 4. The normalized spacial score (nSPS) is 33.2. The molecule has 0 aromatic heterocycles. The summed E-state index contributed by atoms with van der Waals surface area (Å²) in [6.07, 6.45) is -4.32. The average molecular weight is 233 g/mol. The first kappa shape index (κ1) is 8.39. The van der Waals surface area contributed by atoms with E-state index in [-0.39, 0.29) is 5.75 Å². The zero-order valence-corrected chi connectivity index (χ0v) is 6.98. The maximum absolute atomic E-state index is 12.0. The summed E-state index contributed by atoms with van der Waals surface area (Å²) in [7, 11) is 0. The monoisotopic (exact) mass is 232 g/mol. The van der Waals surface area contributed by atoms with Gasteiger partial charge in [-0.1, -0.05) is 0 Å². The fraction of sp³-hybridized carbons (Fsp3) is 0.750. The van der Waals surface area contributed by atoms with Crippen molar-refractivity contribution in [2.24, 2.45) is 4.99 Å². The van der Waals surface area contributed by atoms with E-state index in [1.54, 1.807) is 0 Å². The Labute approximate surface area is 68.2 Å². The number of aliphatic imine (C=N–C) groups is 1. The van der Waals surface area contributed by atoms with Crippen molar-refractivity contribution in [1.29, 1.82) is 0 Å². The highest BCUT2D eigenvalue weighted by atomic mass is 79.9. The smallest absolute Gasteiger partial charge is 0.247 e. The van der Waals surface area contributed by atoms with Gasteiger partial charge in [0.15, 0.2) is 0 Å². The quantitative estimate of drug-likeness (QED) is 0.462. The lowest BCUT2D eigenvalue weighted by Gasteiger charge is -2.20. The van der Waals surface area contributed by atoms with Crippen LogP contribution in [0.25, 0.3) is 0 Å².